The number of carbonyl (C=O) groups excluding carboxylic acids is 1. The maximum atomic E-state index is 12.7. The molecule has 1 atom stereocenters. The van der Waals surface area contributed by atoms with Crippen molar-refractivity contribution in [3.63, 3.8) is 0 Å². The fraction of sp³-hybridized carbons (Fsp3) is 0.417. The first kappa shape index (κ1) is 20.0. The second kappa shape index (κ2) is 9.00. The summed E-state index contributed by atoms with van der Waals surface area (Å²) in [5.41, 5.74) is 2.69. The molecule has 0 aliphatic heterocycles. The molecule has 1 N–H and O–H groups in total. The van der Waals surface area contributed by atoms with Crippen LogP contribution in [0.1, 0.15) is 67.7 Å². The van der Waals surface area contributed by atoms with Gasteiger partial charge in [-0.1, -0.05) is 61.9 Å². The van der Waals surface area contributed by atoms with Crippen LogP contribution in [0.5, 0.6) is 0 Å². The lowest BCUT2D eigenvalue weighted by molar-refractivity contribution is 0.0937. The van der Waals surface area contributed by atoms with Crippen LogP contribution in [0.25, 0.3) is 11.0 Å². The molecule has 1 fully saturated rings. The number of aryl methyl sites for hydroxylation is 1. The molecule has 1 aliphatic rings. The van der Waals surface area contributed by atoms with Crippen LogP contribution >= 0.6 is 11.6 Å². The topological polar surface area (TPSA) is 46.9 Å². The molecule has 5 heteroatoms. The average Bonchev–Trinajstić information content (AvgIpc) is 3.12. The summed E-state index contributed by atoms with van der Waals surface area (Å²) >= 11 is 6.04. The van der Waals surface area contributed by atoms with Crippen molar-refractivity contribution in [3.8, 4) is 0 Å². The van der Waals surface area contributed by atoms with Crippen molar-refractivity contribution >= 4 is 28.5 Å². The van der Waals surface area contributed by atoms with Crippen molar-refractivity contribution in [1.29, 1.82) is 0 Å². The number of hydrogen-bond donors (Lipinski definition) is 1. The summed E-state index contributed by atoms with van der Waals surface area (Å²) in [6.07, 6.45) is 7.93. The van der Waals surface area contributed by atoms with Crippen molar-refractivity contribution in [1.82, 2.24) is 14.9 Å². The van der Waals surface area contributed by atoms with Crippen molar-refractivity contribution in [2.24, 2.45) is 5.92 Å². The van der Waals surface area contributed by atoms with E-state index in [1.807, 2.05) is 19.1 Å². The molecule has 3 aromatic rings. The van der Waals surface area contributed by atoms with Gasteiger partial charge in [0.25, 0.3) is 5.91 Å². The third-order valence-electron chi connectivity index (χ3n) is 5.99. The zero-order valence-corrected chi connectivity index (χ0v) is 17.7. The molecule has 0 radical (unpaired) electrons. The number of rotatable bonds is 6. The van der Waals surface area contributed by atoms with Gasteiger partial charge in [0.1, 0.15) is 5.82 Å². The van der Waals surface area contributed by atoms with E-state index in [0.29, 0.717) is 10.6 Å². The van der Waals surface area contributed by atoms with Gasteiger partial charge >= 0.3 is 0 Å². The van der Waals surface area contributed by atoms with Gasteiger partial charge in [-0.15, -0.1) is 0 Å². The fourth-order valence-corrected chi connectivity index (χ4v) is 4.61. The molecular weight excluding hydrogens is 382 g/mol. The van der Waals surface area contributed by atoms with Crippen LogP contribution in [-0.2, 0) is 6.54 Å². The summed E-state index contributed by atoms with van der Waals surface area (Å²) < 4.78 is 2.30. The Balaban J connectivity index is 1.55. The number of aromatic nitrogens is 2. The van der Waals surface area contributed by atoms with Gasteiger partial charge in [0.15, 0.2) is 0 Å². The quantitative estimate of drug-likeness (QED) is 0.530. The number of carbonyl (C=O) groups is 1. The van der Waals surface area contributed by atoms with Crippen molar-refractivity contribution in [2.75, 3.05) is 0 Å². The van der Waals surface area contributed by atoms with Crippen LogP contribution < -0.4 is 5.32 Å². The predicted octanol–water partition coefficient (Wildman–Crippen LogP) is 6.15. The molecule has 0 saturated heterocycles. The van der Waals surface area contributed by atoms with Gasteiger partial charge in [0.05, 0.1) is 17.1 Å². The lowest BCUT2D eigenvalue weighted by atomic mass is 9.87. The molecule has 0 bridgehead atoms. The van der Waals surface area contributed by atoms with Gasteiger partial charge in [-0.25, -0.2) is 4.98 Å². The Hall–Kier alpha value is -2.33. The third-order valence-corrected chi connectivity index (χ3v) is 6.23. The van der Waals surface area contributed by atoms with E-state index in [2.05, 4.69) is 22.0 Å². The maximum Gasteiger partial charge on any atom is 0.251 e. The average molecular weight is 410 g/mol. The van der Waals surface area contributed by atoms with E-state index in [4.69, 9.17) is 16.6 Å². The molecule has 1 saturated carbocycles. The minimum atomic E-state index is -0.194. The Morgan fingerprint density at radius 3 is 2.76 bits per heavy atom. The summed E-state index contributed by atoms with van der Waals surface area (Å²) in [6.45, 7) is 2.94. The highest BCUT2D eigenvalue weighted by atomic mass is 35.5. The largest absolute Gasteiger partial charge is 0.342 e. The summed E-state index contributed by atoms with van der Waals surface area (Å²) in [6, 6.07) is 15.1. The number of imidazole rings is 1. The number of amides is 1. The first-order valence-corrected chi connectivity index (χ1v) is 11.0. The van der Waals surface area contributed by atoms with Crippen molar-refractivity contribution in [2.45, 2.75) is 58.0 Å². The molecule has 1 heterocycles. The molecule has 1 unspecified atom stereocenters. The maximum absolute atomic E-state index is 12.7. The normalized spacial score (nSPS) is 16.1. The number of para-hydroxylation sites is 2. The second-order valence-electron chi connectivity index (χ2n) is 8.11. The molecular formula is C24H28ClN3O. The van der Waals surface area contributed by atoms with Crippen LogP contribution in [0, 0.1) is 5.92 Å². The van der Waals surface area contributed by atoms with E-state index < -0.39 is 0 Å². The first-order chi connectivity index (χ1) is 14.1. The molecule has 4 nitrogen and oxygen atoms in total. The summed E-state index contributed by atoms with van der Waals surface area (Å²) in [5.74, 6) is 1.58. The van der Waals surface area contributed by atoms with Crippen molar-refractivity contribution < 1.29 is 4.79 Å². The van der Waals surface area contributed by atoms with E-state index >= 15 is 0 Å². The summed E-state index contributed by atoms with van der Waals surface area (Å²) in [5, 5.41) is 3.66. The van der Waals surface area contributed by atoms with E-state index in [1.165, 1.54) is 38.5 Å². The van der Waals surface area contributed by atoms with Gasteiger partial charge in [-0.05, 0) is 49.6 Å². The standard InChI is InChI=1S/C24H28ClN3O/c1-17(26-24(29)19-10-7-11-20(25)16-19)23-27-21-12-5-6-13-22(21)28(23)15-14-18-8-3-2-4-9-18/h5-7,10-13,16-18H,2-4,8-9,14-15H2,1H3,(H,26,29). The Labute approximate surface area is 177 Å². The van der Waals surface area contributed by atoms with Gasteiger partial charge in [0.2, 0.25) is 0 Å². The molecule has 0 spiro atoms. The Morgan fingerprint density at radius 1 is 1.17 bits per heavy atom. The van der Waals surface area contributed by atoms with Crippen LogP contribution in [0.2, 0.25) is 5.02 Å². The number of benzene rings is 2. The van der Waals surface area contributed by atoms with Gasteiger partial charge in [0, 0.05) is 17.1 Å². The van der Waals surface area contributed by atoms with E-state index in [9.17, 15) is 4.79 Å². The van der Waals surface area contributed by atoms with Crippen LogP contribution in [0.15, 0.2) is 48.5 Å². The zero-order chi connectivity index (χ0) is 20.2. The van der Waals surface area contributed by atoms with Crippen molar-refractivity contribution in [3.05, 3.63) is 64.9 Å². The van der Waals surface area contributed by atoms with Gasteiger partial charge in [-0.3, -0.25) is 4.79 Å². The fourth-order valence-electron chi connectivity index (χ4n) is 4.42. The summed E-state index contributed by atoms with van der Waals surface area (Å²) in [7, 11) is 0. The third kappa shape index (κ3) is 4.64. The number of nitrogens with one attached hydrogen (secondary N) is 1. The number of nitrogens with zero attached hydrogens (tertiary/aromatic N) is 2. The Morgan fingerprint density at radius 2 is 1.97 bits per heavy atom. The zero-order valence-electron chi connectivity index (χ0n) is 16.9. The second-order valence-corrected chi connectivity index (χ2v) is 8.54. The Bertz CT molecular complexity index is 991. The molecule has 1 amide bonds. The number of hydrogen-bond acceptors (Lipinski definition) is 2. The molecule has 152 valence electrons. The van der Waals surface area contributed by atoms with Gasteiger partial charge in [-0.2, -0.15) is 0 Å². The molecule has 1 aromatic heterocycles. The predicted molar refractivity (Wildman–Crippen MR) is 118 cm³/mol. The first-order valence-electron chi connectivity index (χ1n) is 10.6. The smallest absolute Gasteiger partial charge is 0.251 e. The Kier molecular flexibility index (Phi) is 6.19. The molecule has 2 aromatic carbocycles. The minimum absolute atomic E-state index is 0.133. The van der Waals surface area contributed by atoms with Crippen LogP contribution in [0.4, 0.5) is 0 Å². The monoisotopic (exact) mass is 409 g/mol. The van der Waals surface area contributed by atoms with Gasteiger partial charge < -0.3 is 9.88 Å². The lowest BCUT2D eigenvalue weighted by Gasteiger charge is -2.23. The molecule has 29 heavy (non-hydrogen) atoms. The number of halogens is 1. The highest BCUT2D eigenvalue weighted by Crippen LogP contribution is 2.29. The minimum Gasteiger partial charge on any atom is -0.342 e. The highest BCUT2D eigenvalue weighted by Gasteiger charge is 2.20. The van der Waals surface area contributed by atoms with Crippen LogP contribution in [-0.4, -0.2) is 15.5 Å². The summed E-state index contributed by atoms with van der Waals surface area (Å²) in [4.78, 5) is 17.6. The van der Waals surface area contributed by atoms with E-state index in [1.54, 1.807) is 24.3 Å². The SMILES string of the molecule is CC(NC(=O)c1cccc(Cl)c1)c1nc2ccccc2n1CCC1CCCCC1. The molecule has 1 aliphatic carbocycles. The van der Waals surface area contributed by atoms with Crippen LogP contribution in [0.3, 0.4) is 0 Å². The van der Waals surface area contributed by atoms with E-state index in [0.717, 1.165) is 29.3 Å². The molecule has 4 rings (SSSR count). The lowest BCUT2D eigenvalue weighted by Crippen LogP contribution is -2.29. The highest BCUT2D eigenvalue weighted by molar-refractivity contribution is 6.30. The number of fused-ring (bicyclic) bond motifs is 1. The van der Waals surface area contributed by atoms with E-state index in [-0.39, 0.29) is 11.9 Å².